The van der Waals surface area contributed by atoms with Crippen molar-refractivity contribution in [3.63, 3.8) is 0 Å². The molecule has 32 heavy (non-hydrogen) atoms. The molecule has 1 saturated heterocycles. The van der Waals surface area contributed by atoms with Crippen molar-refractivity contribution in [2.45, 2.75) is 37.8 Å². The summed E-state index contributed by atoms with van der Waals surface area (Å²) < 4.78 is 70.2. The van der Waals surface area contributed by atoms with Crippen LogP contribution in [0.2, 0.25) is 6.43 Å². The van der Waals surface area contributed by atoms with Crippen molar-refractivity contribution in [1.29, 1.82) is 0 Å². The lowest BCUT2D eigenvalue weighted by molar-refractivity contribution is -0.147. The molecule has 0 radical (unpaired) electrons. The van der Waals surface area contributed by atoms with Gasteiger partial charge in [-0.05, 0) is 35.7 Å². The molecule has 0 aromatic heterocycles. The second kappa shape index (κ2) is 8.31. The lowest BCUT2D eigenvalue weighted by Crippen LogP contribution is -2.52. The summed E-state index contributed by atoms with van der Waals surface area (Å²) in [5, 5.41) is 1.81. The van der Waals surface area contributed by atoms with Crippen LogP contribution in [0.15, 0.2) is 42.5 Å². The van der Waals surface area contributed by atoms with Crippen LogP contribution >= 0.6 is 11.6 Å². The predicted octanol–water partition coefficient (Wildman–Crippen LogP) is 2.51. The maximum Gasteiger partial charge on any atom is 0.349 e. The first-order chi connectivity index (χ1) is 17.1. The van der Waals surface area contributed by atoms with Crippen LogP contribution in [0.1, 0.15) is 45.3 Å². The minimum absolute atomic E-state index is 0.0440. The summed E-state index contributed by atoms with van der Waals surface area (Å²) in [5.41, 5.74) is -0.760. The molecule has 2 aromatic rings. The smallest absolute Gasteiger partial charge is 0.346 e. The molecule has 2 aliphatic rings. The van der Waals surface area contributed by atoms with Gasteiger partial charge in [0, 0.05) is 38.4 Å². The topological polar surface area (TPSA) is 95.6 Å². The molecule has 7 nitrogen and oxygen atoms in total. The van der Waals surface area contributed by atoms with E-state index < -0.39 is 67.0 Å². The molecule has 2 aliphatic heterocycles. The molecule has 2 heterocycles. The van der Waals surface area contributed by atoms with Gasteiger partial charge in [-0.15, -0.1) is 0 Å². The van der Waals surface area contributed by atoms with Crippen LogP contribution in [0, 0.1) is 0 Å². The van der Waals surface area contributed by atoms with Crippen molar-refractivity contribution < 1.29 is 34.9 Å². The zero-order valence-electron chi connectivity index (χ0n) is 21.2. The molecule has 2 aromatic carbocycles. The van der Waals surface area contributed by atoms with E-state index >= 15 is 0 Å². The van der Waals surface area contributed by atoms with Crippen molar-refractivity contribution in [1.82, 2.24) is 15.5 Å². The Hall–Kier alpha value is -3.33. The van der Waals surface area contributed by atoms with E-state index in [9.17, 15) is 28.0 Å². The molecule has 2 atom stereocenters. The number of piperidine rings is 1. The third-order valence-electron chi connectivity index (χ3n) is 4.89. The molecule has 10 heteroatoms. The number of alkyl halides is 2. The van der Waals surface area contributed by atoms with Gasteiger partial charge >= 0.3 is 5.92 Å². The van der Waals surface area contributed by atoms with Crippen LogP contribution in [-0.2, 0) is 33.4 Å². The van der Waals surface area contributed by atoms with Gasteiger partial charge in [-0.1, -0.05) is 35.9 Å². The number of fused-ring (bicyclic) bond motifs is 1. The highest BCUT2D eigenvalue weighted by molar-refractivity contribution is 6.30. The molecule has 1 fully saturated rings. The van der Waals surface area contributed by atoms with Crippen LogP contribution in [0.4, 0.5) is 8.78 Å². The van der Waals surface area contributed by atoms with E-state index in [4.69, 9.17) is 18.5 Å². The number of benzene rings is 2. The fourth-order valence-corrected chi connectivity index (χ4v) is 3.42. The van der Waals surface area contributed by atoms with Crippen LogP contribution in [0.25, 0.3) is 0 Å². The molecule has 1 unspecified atom stereocenters. The van der Waals surface area contributed by atoms with Crippen LogP contribution in [-0.4, -0.2) is 34.5 Å². The maximum atomic E-state index is 14.7. The number of amides is 4. The fourth-order valence-electron chi connectivity index (χ4n) is 3.29. The molecule has 2 N–H and O–H groups in total. The Kier molecular flexibility index (Phi) is 4.24. The molecule has 0 spiro atoms. The average Bonchev–Trinajstić information content (AvgIpc) is 3.16. The number of imide groups is 1. The van der Waals surface area contributed by atoms with Gasteiger partial charge in [-0.25, -0.2) is 0 Å². The van der Waals surface area contributed by atoms with Gasteiger partial charge in [0.2, 0.25) is 11.8 Å². The number of halogens is 3. The second-order valence-electron chi connectivity index (χ2n) is 7.03. The lowest BCUT2D eigenvalue weighted by Gasteiger charge is -2.29. The Morgan fingerprint density at radius 2 is 2.03 bits per heavy atom. The van der Waals surface area contributed by atoms with E-state index in [1.165, 1.54) is 12.1 Å². The van der Waals surface area contributed by atoms with E-state index in [1.807, 2.05) is 5.32 Å². The molecular formula is C22H18ClF2N3O4. The lowest BCUT2D eigenvalue weighted by atomic mass is 10.0. The monoisotopic (exact) mass is 466 g/mol. The Bertz CT molecular complexity index is 1330. The SMILES string of the molecule is [2H]C(c1ccc2c(c1)CN([C@]1([2H])C(=O)NC(=O)CC1([2H])[2H])C2=O)N([2H])C(=O)C(F)(F)c1ccc(Cl)cc1. The highest BCUT2D eigenvalue weighted by Gasteiger charge is 2.41. The third kappa shape index (κ3) is 4.08. The van der Waals surface area contributed by atoms with Crippen molar-refractivity contribution in [3.05, 3.63) is 69.7 Å². The van der Waals surface area contributed by atoms with Crippen LogP contribution < -0.4 is 10.6 Å². The standard InChI is InChI=1S/C22H18ClF2N3O4/c23-15-4-2-14(3-5-15)22(24,25)21(32)26-10-12-1-6-16-13(9-12)11-28(20(16)31)17-7-8-18(29)27-19(17)30/h1-6,9,17H,7-8,10-11H2,(H,26,32)(H,27,29,30)/t17-/m0/s1/i7D2,10D,17D/hD/t10?,17-. The van der Waals surface area contributed by atoms with Gasteiger partial charge in [0.05, 0.1) is 2.74 Å². The summed E-state index contributed by atoms with van der Waals surface area (Å²) in [5.74, 6) is -9.25. The molecular weight excluding hydrogens is 444 g/mol. The van der Waals surface area contributed by atoms with E-state index in [0.717, 1.165) is 30.3 Å². The minimum atomic E-state index is -4.13. The van der Waals surface area contributed by atoms with Gasteiger partial charge < -0.3 is 10.2 Å². The average molecular weight is 467 g/mol. The highest BCUT2D eigenvalue weighted by atomic mass is 35.5. The number of hydrogen-bond acceptors (Lipinski definition) is 4. The van der Waals surface area contributed by atoms with Crippen LogP contribution in [0.3, 0.4) is 0 Å². The number of carbonyl (C=O) groups is 4. The van der Waals surface area contributed by atoms with Gasteiger partial charge in [0.1, 0.15) is 6.02 Å². The van der Waals surface area contributed by atoms with Gasteiger partial charge in [0.25, 0.3) is 11.8 Å². The zero-order chi connectivity index (χ0) is 27.5. The van der Waals surface area contributed by atoms with E-state index in [2.05, 4.69) is 0 Å². The first kappa shape index (κ1) is 16.3. The summed E-state index contributed by atoms with van der Waals surface area (Å²) in [4.78, 5) is 50.1. The van der Waals surface area contributed by atoms with Gasteiger partial charge in [-0.3, -0.25) is 24.5 Å². The molecule has 0 bridgehead atoms. The van der Waals surface area contributed by atoms with Crippen LogP contribution in [0.5, 0.6) is 0 Å². The maximum absolute atomic E-state index is 14.7. The Morgan fingerprint density at radius 3 is 2.72 bits per heavy atom. The second-order valence-corrected chi connectivity index (χ2v) is 7.47. The van der Waals surface area contributed by atoms with Crippen molar-refractivity contribution in [2.75, 3.05) is 0 Å². The normalized spacial score (nSPS) is 25.5. The summed E-state index contributed by atoms with van der Waals surface area (Å²) in [6, 6.07) is 4.88. The number of hydrogen-bond donors (Lipinski definition) is 2. The Morgan fingerprint density at radius 1 is 1.31 bits per heavy atom. The van der Waals surface area contributed by atoms with E-state index in [-0.39, 0.29) is 27.0 Å². The summed E-state index contributed by atoms with van der Waals surface area (Å²) in [7, 11) is 0. The molecule has 0 aliphatic carbocycles. The molecule has 4 amide bonds. The predicted molar refractivity (Wildman–Crippen MR) is 110 cm³/mol. The fraction of sp³-hybridized carbons (Fsp3) is 0.273. The molecule has 166 valence electrons. The quantitative estimate of drug-likeness (QED) is 0.662. The van der Waals surface area contributed by atoms with E-state index in [1.54, 1.807) is 0 Å². The highest BCUT2D eigenvalue weighted by Crippen LogP contribution is 2.30. The summed E-state index contributed by atoms with van der Waals surface area (Å²) in [6.07, 6.45) is -3.55. The van der Waals surface area contributed by atoms with Gasteiger partial charge in [-0.2, -0.15) is 8.78 Å². The Balaban J connectivity index is 1.59. The minimum Gasteiger partial charge on any atom is -0.346 e. The first-order valence-corrected chi connectivity index (χ1v) is 9.67. The van der Waals surface area contributed by atoms with Gasteiger partial charge in [0.15, 0.2) is 1.41 Å². The first-order valence-electron chi connectivity index (χ1n) is 11.8. The van der Waals surface area contributed by atoms with Crippen molar-refractivity contribution >= 4 is 35.2 Å². The van der Waals surface area contributed by atoms with Crippen molar-refractivity contribution in [2.24, 2.45) is 0 Å². The Labute approximate surface area is 193 Å². The molecule has 4 rings (SSSR count). The number of rotatable bonds is 5. The van der Waals surface area contributed by atoms with E-state index in [0.29, 0.717) is 4.90 Å². The summed E-state index contributed by atoms with van der Waals surface area (Å²) in [6.45, 7) is -2.40. The summed E-state index contributed by atoms with van der Waals surface area (Å²) >= 11 is 5.69. The number of carbonyl (C=O) groups excluding carboxylic acids is 4. The molecule has 0 saturated carbocycles. The van der Waals surface area contributed by atoms with Crippen molar-refractivity contribution in [3.8, 4) is 0 Å². The largest absolute Gasteiger partial charge is 0.349 e. The number of nitrogens with one attached hydrogen (secondary N) is 2. The zero-order valence-corrected chi connectivity index (χ0v) is 17.0. The number of nitrogens with zero attached hydrogens (tertiary/aromatic N) is 1. The third-order valence-corrected chi connectivity index (χ3v) is 5.15.